The van der Waals surface area contributed by atoms with Crippen molar-refractivity contribution in [2.45, 2.75) is 18.8 Å². The highest BCUT2D eigenvalue weighted by Gasteiger charge is 2.29. The molecule has 1 fully saturated rings. The van der Waals surface area contributed by atoms with E-state index in [1.807, 2.05) is 18.2 Å². The minimum atomic E-state index is -0.599. The second-order valence-corrected chi connectivity index (χ2v) is 5.33. The number of hydrogen-bond acceptors (Lipinski definition) is 3. The maximum absolute atomic E-state index is 11.2. The van der Waals surface area contributed by atoms with Gasteiger partial charge in [0.05, 0.1) is 17.6 Å². The summed E-state index contributed by atoms with van der Waals surface area (Å²) in [4.78, 5) is 19.9. The molecule has 3 nitrogen and oxygen atoms in total. The Bertz CT molecular complexity index is 654. The maximum atomic E-state index is 11.2. The molecule has 1 aromatic heterocycles. The lowest BCUT2D eigenvalue weighted by Gasteiger charge is -2.08. The van der Waals surface area contributed by atoms with Crippen molar-refractivity contribution in [3.8, 4) is 11.3 Å². The summed E-state index contributed by atoms with van der Waals surface area (Å²) >= 11 is 11.5. The van der Waals surface area contributed by atoms with E-state index in [0.717, 1.165) is 24.1 Å². The average molecular weight is 293 g/mol. The van der Waals surface area contributed by atoms with E-state index in [9.17, 15) is 4.79 Å². The molecule has 1 heterocycles. The van der Waals surface area contributed by atoms with Gasteiger partial charge < -0.3 is 0 Å². The van der Waals surface area contributed by atoms with E-state index in [1.165, 1.54) is 6.20 Å². The molecule has 1 saturated carbocycles. The molecule has 96 valence electrons. The Balaban J connectivity index is 2.16. The molecule has 0 radical (unpaired) electrons. The van der Waals surface area contributed by atoms with E-state index in [-0.39, 0.29) is 5.69 Å². The summed E-state index contributed by atoms with van der Waals surface area (Å²) in [5.41, 5.74) is 2.66. The molecule has 0 bridgehead atoms. The van der Waals surface area contributed by atoms with Gasteiger partial charge in [-0.15, -0.1) is 0 Å². The topological polar surface area (TPSA) is 42.9 Å². The summed E-state index contributed by atoms with van der Waals surface area (Å²) in [6.45, 7) is 0. The first kappa shape index (κ1) is 12.6. The van der Waals surface area contributed by atoms with Crippen molar-refractivity contribution in [2.24, 2.45) is 0 Å². The zero-order valence-electron chi connectivity index (χ0n) is 9.94. The largest absolute Gasteiger partial charge is 0.274 e. The van der Waals surface area contributed by atoms with Crippen LogP contribution in [-0.2, 0) is 0 Å². The normalized spacial score (nSPS) is 14.4. The molecule has 0 amide bonds. The summed E-state index contributed by atoms with van der Waals surface area (Å²) in [5.74, 6) is 0.431. The van der Waals surface area contributed by atoms with Crippen molar-refractivity contribution in [3.63, 3.8) is 0 Å². The van der Waals surface area contributed by atoms with Gasteiger partial charge in [-0.05, 0) is 36.6 Å². The molecule has 5 heteroatoms. The number of carbonyl (C=O) groups is 1. The minimum Gasteiger partial charge on any atom is -0.274 e. The SMILES string of the molecule is O=C(Cl)c1cnc(C2CC2)c(-c2cccc(Cl)c2)n1. The van der Waals surface area contributed by atoms with Crippen LogP contribution in [0.25, 0.3) is 11.3 Å². The molecule has 0 N–H and O–H groups in total. The second kappa shape index (κ2) is 4.91. The first-order chi connectivity index (χ1) is 9.15. The molecule has 1 aliphatic carbocycles. The van der Waals surface area contributed by atoms with E-state index in [4.69, 9.17) is 23.2 Å². The van der Waals surface area contributed by atoms with E-state index in [2.05, 4.69) is 9.97 Å². The van der Waals surface area contributed by atoms with Crippen molar-refractivity contribution >= 4 is 28.4 Å². The fraction of sp³-hybridized carbons (Fsp3) is 0.214. The van der Waals surface area contributed by atoms with Gasteiger partial charge in [-0.1, -0.05) is 23.7 Å². The lowest BCUT2D eigenvalue weighted by molar-refractivity contribution is 0.107. The summed E-state index contributed by atoms with van der Waals surface area (Å²) < 4.78 is 0. The number of carbonyl (C=O) groups excluding carboxylic acids is 1. The molecule has 2 aromatic rings. The molecule has 0 spiro atoms. The summed E-state index contributed by atoms with van der Waals surface area (Å²) in [7, 11) is 0. The molecule has 1 aromatic carbocycles. The first-order valence-electron chi connectivity index (χ1n) is 5.98. The summed E-state index contributed by atoms with van der Waals surface area (Å²) in [6.07, 6.45) is 3.66. The lowest BCUT2D eigenvalue weighted by atomic mass is 10.1. The van der Waals surface area contributed by atoms with E-state index in [1.54, 1.807) is 6.07 Å². The fourth-order valence-electron chi connectivity index (χ4n) is 2.00. The average Bonchev–Trinajstić information content (AvgIpc) is 3.22. The van der Waals surface area contributed by atoms with E-state index in [0.29, 0.717) is 16.6 Å². The molecule has 0 atom stereocenters. The van der Waals surface area contributed by atoms with Crippen molar-refractivity contribution in [3.05, 3.63) is 46.9 Å². The minimum absolute atomic E-state index is 0.168. The third-order valence-corrected chi connectivity index (χ3v) is 3.49. The molecule has 19 heavy (non-hydrogen) atoms. The van der Waals surface area contributed by atoms with Crippen molar-refractivity contribution in [2.75, 3.05) is 0 Å². The zero-order valence-corrected chi connectivity index (χ0v) is 11.4. The Labute approximate surface area is 120 Å². The van der Waals surface area contributed by atoms with Gasteiger partial charge in [-0.2, -0.15) is 0 Å². The van der Waals surface area contributed by atoms with Crippen LogP contribution in [-0.4, -0.2) is 15.2 Å². The number of aromatic nitrogens is 2. The monoisotopic (exact) mass is 292 g/mol. The molecule has 0 saturated heterocycles. The predicted molar refractivity (Wildman–Crippen MR) is 74.6 cm³/mol. The van der Waals surface area contributed by atoms with Gasteiger partial charge >= 0.3 is 0 Å². The quantitative estimate of drug-likeness (QED) is 0.802. The van der Waals surface area contributed by atoms with E-state index < -0.39 is 5.24 Å². The lowest BCUT2D eigenvalue weighted by Crippen LogP contribution is -2.02. The predicted octanol–water partition coefficient (Wildman–Crippen LogP) is 4.05. The number of hydrogen-bond donors (Lipinski definition) is 0. The number of halogens is 2. The van der Waals surface area contributed by atoms with Crippen LogP contribution in [0.5, 0.6) is 0 Å². The Hall–Kier alpha value is -1.45. The van der Waals surface area contributed by atoms with Gasteiger partial charge in [-0.25, -0.2) is 4.98 Å². The van der Waals surface area contributed by atoms with Crippen molar-refractivity contribution in [1.29, 1.82) is 0 Å². The van der Waals surface area contributed by atoms with Gasteiger partial charge in [0.25, 0.3) is 5.24 Å². The van der Waals surface area contributed by atoms with Gasteiger partial charge in [0.1, 0.15) is 5.69 Å². The van der Waals surface area contributed by atoms with E-state index >= 15 is 0 Å². The molecular weight excluding hydrogens is 283 g/mol. The Morgan fingerprint density at radius 2 is 2.11 bits per heavy atom. The van der Waals surface area contributed by atoms with Gasteiger partial charge in [0.15, 0.2) is 0 Å². The Morgan fingerprint density at radius 3 is 2.74 bits per heavy atom. The summed E-state index contributed by atoms with van der Waals surface area (Å²) in [6, 6.07) is 7.38. The van der Waals surface area contributed by atoms with Crippen molar-refractivity contribution < 1.29 is 4.79 Å². The number of rotatable bonds is 3. The second-order valence-electron chi connectivity index (χ2n) is 4.55. The molecule has 0 unspecified atom stereocenters. The van der Waals surface area contributed by atoms with Gasteiger partial charge in [0, 0.05) is 16.5 Å². The van der Waals surface area contributed by atoms with Crippen LogP contribution in [0, 0.1) is 0 Å². The Morgan fingerprint density at radius 1 is 1.32 bits per heavy atom. The van der Waals surface area contributed by atoms with Crippen molar-refractivity contribution in [1.82, 2.24) is 9.97 Å². The standard InChI is InChI=1S/C14H10Cl2N2O/c15-10-3-1-2-9(6-10)13-12(8-4-5-8)17-7-11(18-13)14(16)19/h1-3,6-8H,4-5H2. The number of benzene rings is 1. The van der Waals surface area contributed by atoms with Crippen LogP contribution in [0.15, 0.2) is 30.5 Å². The molecule has 3 rings (SSSR count). The van der Waals surface area contributed by atoms with Crippen LogP contribution in [0.1, 0.15) is 34.9 Å². The van der Waals surface area contributed by atoms with Crippen LogP contribution in [0.2, 0.25) is 5.02 Å². The van der Waals surface area contributed by atoms with Gasteiger partial charge in [0.2, 0.25) is 0 Å². The Kier molecular flexibility index (Phi) is 3.25. The third-order valence-electron chi connectivity index (χ3n) is 3.06. The van der Waals surface area contributed by atoms with Crippen LogP contribution in [0.4, 0.5) is 0 Å². The van der Waals surface area contributed by atoms with Crippen LogP contribution < -0.4 is 0 Å². The fourth-order valence-corrected chi connectivity index (χ4v) is 2.28. The smallest absolute Gasteiger partial charge is 0.272 e. The zero-order chi connectivity index (χ0) is 13.4. The highest BCUT2D eigenvalue weighted by molar-refractivity contribution is 6.67. The first-order valence-corrected chi connectivity index (χ1v) is 6.73. The highest BCUT2D eigenvalue weighted by atomic mass is 35.5. The number of nitrogens with zero attached hydrogens (tertiary/aromatic N) is 2. The molecule has 0 aliphatic heterocycles. The maximum Gasteiger partial charge on any atom is 0.272 e. The summed E-state index contributed by atoms with van der Waals surface area (Å²) in [5, 5.41) is 0.0294. The van der Waals surface area contributed by atoms with Crippen LogP contribution in [0.3, 0.4) is 0 Å². The van der Waals surface area contributed by atoms with Crippen LogP contribution >= 0.6 is 23.2 Å². The molecular formula is C14H10Cl2N2O. The van der Waals surface area contributed by atoms with Gasteiger partial charge in [-0.3, -0.25) is 9.78 Å². The third kappa shape index (κ3) is 2.62. The molecule has 1 aliphatic rings. The highest BCUT2D eigenvalue weighted by Crippen LogP contribution is 2.42.